The van der Waals surface area contributed by atoms with Crippen molar-refractivity contribution in [2.24, 2.45) is 0 Å². The minimum Gasteiger partial charge on any atom is -0.304 e. The van der Waals surface area contributed by atoms with Crippen LogP contribution in [-0.4, -0.2) is 54.9 Å². The predicted octanol–water partition coefficient (Wildman–Crippen LogP) is 3.58. The number of hydrogen-bond donors (Lipinski definition) is 0. The van der Waals surface area contributed by atoms with Crippen LogP contribution in [0.3, 0.4) is 0 Å². The Bertz CT molecular complexity index is 433. The lowest BCUT2D eigenvalue weighted by Gasteiger charge is -2.22. The Hall–Kier alpha value is -0.900. The molecule has 3 nitrogen and oxygen atoms in total. The summed E-state index contributed by atoms with van der Waals surface area (Å²) in [6, 6.07) is 7.19. The first-order valence-corrected chi connectivity index (χ1v) is 8.21. The van der Waals surface area contributed by atoms with Crippen LogP contribution in [0.4, 0.5) is 0 Å². The summed E-state index contributed by atoms with van der Waals surface area (Å²) in [5.41, 5.74) is 0.699. The van der Waals surface area contributed by atoms with E-state index >= 15 is 0 Å². The Morgan fingerprint density at radius 1 is 1.05 bits per heavy atom. The van der Waals surface area contributed by atoms with Gasteiger partial charge in [0.05, 0.1) is 6.54 Å². The standard InChI is InChI=1S/C17H27ClN2O/c1-4-19(5-2)11-8-12-20(6-3)14-17(21)15-9-7-10-16(18)13-15/h7,9-10,13H,4-6,8,11-12,14H2,1-3H3. The number of benzene rings is 1. The summed E-state index contributed by atoms with van der Waals surface area (Å²) in [5.74, 6) is 0.141. The zero-order valence-corrected chi connectivity index (χ0v) is 14.2. The van der Waals surface area contributed by atoms with E-state index in [4.69, 9.17) is 11.6 Å². The van der Waals surface area contributed by atoms with Crippen molar-refractivity contribution in [1.82, 2.24) is 9.80 Å². The maximum atomic E-state index is 12.3. The fourth-order valence-electron chi connectivity index (χ4n) is 2.36. The molecule has 0 aliphatic heterocycles. The van der Waals surface area contributed by atoms with Gasteiger partial charge in [-0.1, -0.05) is 44.5 Å². The highest BCUT2D eigenvalue weighted by Gasteiger charge is 2.11. The molecule has 0 heterocycles. The molecule has 1 rings (SSSR count). The summed E-state index contributed by atoms with van der Waals surface area (Å²) in [4.78, 5) is 16.9. The summed E-state index contributed by atoms with van der Waals surface area (Å²) < 4.78 is 0. The highest BCUT2D eigenvalue weighted by molar-refractivity contribution is 6.31. The number of rotatable bonds is 10. The largest absolute Gasteiger partial charge is 0.304 e. The van der Waals surface area contributed by atoms with E-state index in [1.54, 1.807) is 12.1 Å². The molecule has 0 aliphatic carbocycles. The Kier molecular flexibility index (Phi) is 8.58. The summed E-state index contributed by atoms with van der Waals surface area (Å²) in [7, 11) is 0. The first-order valence-electron chi connectivity index (χ1n) is 7.84. The number of Topliss-reactive ketones (excluding diaryl/α,β-unsaturated/α-hetero) is 1. The molecule has 0 unspecified atom stereocenters. The molecule has 0 amide bonds. The zero-order valence-electron chi connectivity index (χ0n) is 13.4. The van der Waals surface area contributed by atoms with Crippen LogP contribution in [0.25, 0.3) is 0 Å². The Morgan fingerprint density at radius 3 is 2.24 bits per heavy atom. The quantitative estimate of drug-likeness (QED) is 0.617. The van der Waals surface area contributed by atoms with E-state index in [2.05, 4.69) is 30.6 Å². The minimum atomic E-state index is 0.141. The molecule has 0 bridgehead atoms. The van der Waals surface area contributed by atoms with Gasteiger partial charge in [-0.15, -0.1) is 0 Å². The number of carbonyl (C=O) groups excluding carboxylic acids is 1. The maximum absolute atomic E-state index is 12.3. The van der Waals surface area contributed by atoms with Gasteiger partial charge in [-0.3, -0.25) is 9.69 Å². The van der Waals surface area contributed by atoms with Crippen molar-refractivity contribution in [2.45, 2.75) is 27.2 Å². The van der Waals surface area contributed by atoms with Crippen LogP contribution in [-0.2, 0) is 0 Å². The smallest absolute Gasteiger partial charge is 0.176 e. The molecule has 118 valence electrons. The second kappa shape index (κ2) is 9.93. The third kappa shape index (κ3) is 6.60. The van der Waals surface area contributed by atoms with E-state index in [-0.39, 0.29) is 5.78 Å². The van der Waals surface area contributed by atoms with Crippen LogP contribution >= 0.6 is 11.6 Å². The Morgan fingerprint density at radius 2 is 1.67 bits per heavy atom. The molecule has 4 heteroatoms. The second-order valence-corrected chi connectivity index (χ2v) is 5.62. The van der Waals surface area contributed by atoms with Gasteiger partial charge in [-0.25, -0.2) is 0 Å². The molecule has 0 saturated heterocycles. The topological polar surface area (TPSA) is 23.6 Å². The number of nitrogens with zero attached hydrogens (tertiary/aromatic N) is 2. The number of hydrogen-bond acceptors (Lipinski definition) is 3. The van der Waals surface area contributed by atoms with Gasteiger partial charge in [0.1, 0.15) is 0 Å². The molecular formula is C17H27ClN2O. The van der Waals surface area contributed by atoms with Gasteiger partial charge >= 0.3 is 0 Å². The van der Waals surface area contributed by atoms with Crippen molar-refractivity contribution in [3.05, 3.63) is 34.9 Å². The summed E-state index contributed by atoms with van der Waals surface area (Å²) >= 11 is 5.94. The van der Waals surface area contributed by atoms with Gasteiger partial charge in [0, 0.05) is 10.6 Å². The number of ketones is 1. The highest BCUT2D eigenvalue weighted by atomic mass is 35.5. The molecule has 1 aromatic rings. The van der Waals surface area contributed by atoms with Crippen LogP contribution in [0, 0.1) is 0 Å². The van der Waals surface area contributed by atoms with Crippen molar-refractivity contribution >= 4 is 17.4 Å². The van der Waals surface area contributed by atoms with Gasteiger partial charge in [-0.2, -0.15) is 0 Å². The summed E-state index contributed by atoms with van der Waals surface area (Å²) in [6.45, 7) is 12.1. The zero-order chi connectivity index (χ0) is 15.7. The SMILES string of the molecule is CCN(CC)CCCN(CC)CC(=O)c1cccc(Cl)c1. The molecular weight excluding hydrogens is 284 g/mol. The Balaban J connectivity index is 2.44. The first kappa shape index (κ1) is 18.1. The average Bonchev–Trinajstić information content (AvgIpc) is 2.50. The molecule has 0 aliphatic rings. The number of carbonyl (C=O) groups is 1. The van der Waals surface area contributed by atoms with Gasteiger partial charge < -0.3 is 4.90 Å². The van der Waals surface area contributed by atoms with E-state index in [0.29, 0.717) is 17.1 Å². The predicted molar refractivity (Wildman–Crippen MR) is 90.3 cm³/mol. The molecule has 0 atom stereocenters. The lowest BCUT2D eigenvalue weighted by molar-refractivity contribution is 0.0930. The van der Waals surface area contributed by atoms with Crippen LogP contribution in [0.1, 0.15) is 37.6 Å². The number of likely N-dealkylation sites (N-methyl/N-ethyl adjacent to an activating group) is 1. The fraction of sp³-hybridized carbons (Fsp3) is 0.588. The molecule has 0 saturated carbocycles. The van der Waals surface area contributed by atoms with E-state index in [1.807, 2.05) is 12.1 Å². The minimum absolute atomic E-state index is 0.141. The molecule has 0 fully saturated rings. The lowest BCUT2D eigenvalue weighted by Crippen LogP contribution is -2.33. The number of halogens is 1. The summed E-state index contributed by atoms with van der Waals surface area (Å²) in [5, 5.41) is 0.616. The van der Waals surface area contributed by atoms with E-state index < -0.39 is 0 Å². The van der Waals surface area contributed by atoms with Gasteiger partial charge in [0.15, 0.2) is 5.78 Å². The fourth-order valence-corrected chi connectivity index (χ4v) is 2.55. The summed E-state index contributed by atoms with van der Waals surface area (Å²) in [6.07, 6.45) is 1.10. The van der Waals surface area contributed by atoms with Crippen molar-refractivity contribution in [3.63, 3.8) is 0 Å². The van der Waals surface area contributed by atoms with Gasteiger partial charge in [0.2, 0.25) is 0 Å². The highest BCUT2D eigenvalue weighted by Crippen LogP contribution is 2.11. The molecule has 21 heavy (non-hydrogen) atoms. The van der Waals surface area contributed by atoms with Gasteiger partial charge in [0.25, 0.3) is 0 Å². The molecule has 0 aromatic heterocycles. The van der Waals surface area contributed by atoms with Gasteiger partial charge in [-0.05, 0) is 51.3 Å². The van der Waals surface area contributed by atoms with Crippen molar-refractivity contribution in [1.29, 1.82) is 0 Å². The van der Waals surface area contributed by atoms with Crippen LogP contribution in [0.15, 0.2) is 24.3 Å². The van der Waals surface area contributed by atoms with Crippen molar-refractivity contribution in [2.75, 3.05) is 39.3 Å². The monoisotopic (exact) mass is 310 g/mol. The maximum Gasteiger partial charge on any atom is 0.176 e. The van der Waals surface area contributed by atoms with E-state index in [1.165, 1.54) is 0 Å². The first-order chi connectivity index (χ1) is 10.1. The van der Waals surface area contributed by atoms with Crippen LogP contribution in [0.5, 0.6) is 0 Å². The average molecular weight is 311 g/mol. The Labute approximate surface area is 133 Å². The lowest BCUT2D eigenvalue weighted by atomic mass is 10.1. The molecule has 0 N–H and O–H groups in total. The molecule has 0 radical (unpaired) electrons. The third-order valence-corrected chi connectivity index (χ3v) is 4.04. The van der Waals surface area contributed by atoms with E-state index in [9.17, 15) is 4.79 Å². The third-order valence-electron chi connectivity index (χ3n) is 3.80. The van der Waals surface area contributed by atoms with Crippen molar-refractivity contribution in [3.8, 4) is 0 Å². The molecule has 1 aromatic carbocycles. The van der Waals surface area contributed by atoms with E-state index in [0.717, 1.165) is 39.1 Å². The van der Waals surface area contributed by atoms with Crippen molar-refractivity contribution < 1.29 is 4.79 Å². The van der Waals surface area contributed by atoms with Crippen LogP contribution in [0.2, 0.25) is 5.02 Å². The molecule has 0 spiro atoms. The second-order valence-electron chi connectivity index (χ2n) is 5.18. The van der Waals surface area contributed by atoms with Crippen LogP contribution < -0.4 is 0 Å². The normalized spacial score (nSPS) is 11.3.